The number of rotatable bonds is 4. The molecule has 4 heteroatoms. The van der Waals surface area contributed by atoms with Crippen molar-refractivity contribution in [2.24, 2.45) is 0 Å². The van der Waals surface area contributed by atoms with E-state index in [4.69, 9.17) is 0 Å². The van der Waals surface area contributed by atoms with E-state index in [9.17, 15) is 4.79 Å². The first-order valence-corrected chi connectivity index (χ1v) is 10.2. The summed E-state index contributed by atoms with van der Waals surface area (Å²) in [7, 11) is 4.10. The molecular formula is C25H27N3O. The van der Waals surface area contributed by atoms with Crippen molar-refractivity contribution >= 4 is 29.3 Å². The van der Waals surface area contributed by atoms with E-state index in [0.29, 0.717) is 0 Å². The number of nitrogens with one attached hydrogen (secondary N) is 1. The number of nitrogens with zero attached hydrogens (tertiary/aromatic N) is 2. The molecule has 2 heterocycles. The second-order valence-electron chi connectivity index (χ2n) is 7.80. The number of benzene rings is 1. The van der Waals surface area contributed by atoms with Gasteiger partial charge in [0.1, 0.15) is 0 Å². The van der Waals surface area contributed by atoms with Crippen LogP contribution in [0.4, 0.5) is 5.69 Å². The van der Waals surface area contributed by atoms with Gasteiger partial charge in [-0.25, -0.2) is 0 Å². The van der Waals surface area contributed by atoms with E-state index in [-0.39, 0.29) is 5.91 Å². The van der Waals surface area contributed by atoms with Gasteiger partial charge in [-0.1, -0.05) is 29.8 Å². The Hall–Kier alpha value is -3.14. The van der Waals surface area contributed by atoms with Crippen LogP contribution in [0.1, 0.15) is 42.5 Å². The van der Waals surface area contributed by atoms with Gasteiger partial charge in [0.05, 0.1) is 5.69 Å². The lowest BCUT2D eigenvalue weighted by Crippen LogP contribution is -2.30. The van der Waals surface area contributed by atoms with E-state index < -0.39 is 0 Å². The van der Waals surface area contributed by atoms with Crippen LogP contribution in [0.2, 0.25) is 0 Å². The van der Waals surface area contributed by atoms with E-state index in [1.165, 1.54) is 16.8 Å². The molecule has 0 atom stereocenters. The molecule has 0 bridgehead atoms. The molecule has 1 N–H and O–H groups in total. The van der Waals surface area contributed by atoms with Crippen LogP contribution in [0.15, 0.2) is 59.8 Å². The minimum atomic E-state index is 0.0696. The lowest BCUT2D eigenvalue weighted by molar-refractivity contribution is -0.117. The van der Waals surface area contributed by atoms with Crippen molar-refractivity contribution in [2.45, 2.75) is 25.7 Å². The molecule has 4 rings (SSSR count). The number of carbonyl (C=O) groups is 1. The maximum Gasteiger partial charge on any atom is 0.251 e. The Morgan fingerprint density at radius 1 is 1.07 bits per heavy atom. The average molecular weight is 386 g/mol. The fraction of sp³-hybridized carbons (Fsp3) is 0.280. The van der Waals surface area contributed by atoms with E-state index in [0.717, 1.165) is 54.6 Å². The third kappa shape index (κ3) is 4.32. The average Bonchev–Trinajstić information content (AvgIpc) is 2.96. The summed E-state index contributed by atoms with van der Waals surface area (Å²) in [5.74, 6) is 0.0696. The van der Waals surface area contributed by atoms with Crippen molar-refractivity contribution in [3.05, 3.63) is 76.6 Å². The summed E-state index contributed by atoms with van der Waals surface area (Å²) in [6.45, 7) is 0.763. The summed E-state index contributed by atoms with van der Waals surface area (Å²) < 4.78 is 0. The Labute approximate surface area is 172 Å². The molecule has 2 aliphatic rings. The molecule has 0 spiro atoms. The number of hydrogen-bond donors (Lipinski definition) is 1. The van der Waals surface area contributed by atoms with Gasteiger partial charge in [-0.3, -0.25) is 9.78 Å². The van der Waals surface area contributed by atoms with Crippen molar-refractivity contribution in [2.75, 3.05) is 25.5 Å². The molecule has 0 saturated heterocycles. The molecule has 0 unspecified atom stereocenters. The second-order valence-corrected chi connectivity index (χ2v) is 7.80. The largest absolute Gasteiger partial charge is 0.377 e. The van der Waals surface area contributed by atoms with E-state index in [1.54, 1.807) is 0 Å². The van der Waals surface area contributed by atoms with Crippen molar-refractivity contribution in [3.63, 3.8) is 0 Å². The molecule has 2 aromatic rings. The zero-order valence-electron chi connectivity index (χ0n) is 17.1. The predicted octanol–water partition coefficient (Wildman–Crippen LogP) is 4.70. The van der Waals surface area contributed by atoms with Gasteiger partial charge in [0.2, 0.25) is 0 Å². The maximum atomic E-state index is 12.3. The normalized spacial score (nSPS) is 16.9. The Morgan fingerprint density at radius 2 is 1.93 bits per heavy atom. The van der Waals surface area contributed by atoms with Crippen molar-refractivity contribution in [1.29, 1.82) is 0 Å². The van der Waals surface area contributed by atoms with Crippen LogP contribution in [-0.4, -0.2) is 31.5 Å². The lowest BCUT2D eigenvalue weighted by Gasteiger charge is -2.17. The zero-order valence-corrected chi connectivity index (χ0v) is 17.1. The number of amides is 1. The summed E-state index contributed by atoms with van der Waals surface area (Å²) >= 11 is 0. The quantitative estimate of drug-likeness (QED) is 0.830. The molecule has 29 heavy (non-hydrogen) atoms. The summed E-state index contributed by atoms with van der Waals surface area (Å²) in [5.41, 5.74) is 7.80. The van der Waals surface area contributed by atoms with Gasteiger partial charge in [-0.2, -0.15) is 0 Å². The molecule has 1 aromatic carbocycles. The number of para-hydroxylation sites is 1. The van der Waals surface area contributed by atoms with Crippen LogP contribution in [0.5, 0.6) is 0 Å². The highest BCUT2D eigenvalue weighted by atomic mass is 16.1. The van der Waals surface area contributed by atoms with Crippen LogP contribution >= 0.6 is 0 Å². The highest BCUT2D eigenvalue weighted by Crippen LogP contribution is 2.32. The summed E-state index contributed by atoms with van der Waals surface area (Å²) in [6, 6.07) is 12.5. The number of aromatic nitrogens is 1. The smallest absolute Gasteiger partial charge is 0.251 e. The maximum absolute atomic E-state index is 12.3. The molecule has 0 saturated carbocycles. The number of allylic oxidation sites excluding steroid dienone is 1. The van der Waals surface area contributed by atoms with E-state index in [2.05, 4.69) is 71.8 Å². The second kappa shape index (κ2) is 8.48. The minimum absolute atomic E-state index is 0.0696. The van der Waals surface area contributed by atoms with Crippen LogP contribution in [0, 0.1) is 0 Å². The standard InChI is InChI=1S/C25H27N3O/c1-28(2)24-9-4-3-6-19(24)10-11-22-16-21(13-14-26-22)20-8-5-7-18-12-15-27-25(29)23(18)17-20/h3-4,6,9-11,13-14,16-17H,5,7-8,12,15H2,1-2H3,(H,27,29)/b11-10+. The monoisotopic (exact) mass is 385 g/mol. The third-order valence-electron chi connectivity index (χ3n) is 5.59. The molecule has 1 aliphatic carbocycles. The number of hydrogen-bond acceptors (Lipinski definition) is 3. The van der Waals surface area contributed by atoms with Crippen molar-refractivity contribution in [1.82, 2.24) is 10.3 Å². The molecular weight excluding hydrogens is 358 g/mol. The Kier molecular flexibility index (Phi) is 5.61. The molecule has 148 valence electrons. The van der Waals surface area contributed by atoms with Crippen molar-refractivity contribution in [3.8, 4) is 0 Å². The molecule has 0 fully saturated rings. The first kappa shape index (κ1) is 19.2. The summed E-state index contributed by atoms with van der Waals surface area (Å²) in [5, 5.41) is 2.98. The molecule has 1 amide bonds. The van der Waals surface area contributed by atoms with Gasteiger partial charge < -0.3 is 10.2 Å². The van der Waals surface area contributed by atoms with Gasteiger partial charge >= 0.3 is 0 Å². The van der Waals surface area contributed by atoms with Gasteiger partial charge in [-0.05, 0) is 72.7 Å². The van der Waals surface area contributed by atoms with E-state index >= 15 is 0 Å². The summed E-state index contributed by atoms with van der Waals surface area (Å²) in [4.78, 5) is 19.0. The number of anilines is 1. The first-order valence-electron chi connectivity index (χ1n) is 10.2. The van der Waals surface area contributed by atoms with Gasteiger partial charge in [0.25, 0.3) is 5.91 Å². The lowest BCUT2D eigenvalue weighted by atomic mass is 9.97. The van der Waals surface area contributed by atoms with Gasteiger partial charge in [0, 0.05) is 38.1 Å². The SMILES string of the molecule is CN(C)c1ccccc1/C=C/c1cc(C2=CC3=C(CCC2)CCNC3=O)ccn1. The molecule has 1 aromatic heterocycles. The predicted molar refractivity (Wildman–Crippen MR) is 120 cm³/mol. The fourth-order valence-corrected chi connectivity index (χ4v) is 4.06. The molecule has 1 aliphatic heterocycles. The van der Waals surface area contributed by atoms with Crippen LogP contribution in [0.25, 0.3) is 17.7 Å². The first-order chi connectivity index (χ1) is 14.1. The third-order valence-corrected chi connectivity index (χ3v) is 5.59. The molecule has 4 nitrogen and oxygen atoms in total. The van der Waals surface area contributed by atoms with Gasteiger partial charge in [-0.15, -0.1) is 0 Å². The Morgan fingerprint density at radius 3 is 2.79 bits per heavy atom. The molecule has 0 radical (unpaired) electrons. The fourth-order valence-electron chi connectivity index (χ4n) is 4.06. The van der Waals surface area contributed by atoms with Crippen molar-refractivity contribution < 1.29 is 4.79 Å². The summed E-state index contributed by atoms with van der Waals surface area (Å²) in [6.07, 6.45) is 12.2. The van der Waals surface area contributed by atoms with Crippen LogP contribution < -0.4 is 10.2 Å². The highest BCUT2D eigenvalue weighted by Gasteiger charge is 2.21. The number of pyridine rings is 1. The van der Waals surface area contributed by atoms with E-state index in [1.807, 2.05) is 18.3 Å². The highest BCUT2D eigenvalue weighted by molar-refractivity contribution is 6.00. The Balaban J connectivity index is 1.63. The topological polar surface area (TPSA) is 45.2 Å². The zero-order chi connectivity index (χ0) is 20.2. The van der Waals surface area contributed by atoms with Crippen LogP contribution in [0.3, 0.4) is 0 Å². The minimum Gasteiger partial charge on any atom is -0.377 e. The van der Waals surface area contributed by atoms with Gasteiger partial charge in [0.15, 0.2) is 0 Å². The Bertz CT molecular complexity index is 1010. The van der Waals surface area contributed by atoms with Crippen LogP contribution in [-0.2, 0) is 4.79 Å². The number of carbonyl (C=O) groups excluding carboxylic acids is 1.